The first kappa shape index (κ1) is 31.5. The lowest BCUT2D eigenvalue weighted by atomic mass is 9.98. The molecule has 0 aromatic rings. The molecule has 33 heavy (non-hydrogen) atoms. The first-order chi connectivity index (χ1) is 15.5. The van der Waals surface area contributed by atoms with E-state index in [2.05, 4.69) is 16.0 Å². The first-order valence-corrected chi connectivity index (χ1v) is 14.1. The lowest BCUT2D eigenvalue weighted by Gasteiger charge is -2.26. The number of carbonyl (C=O) groups is 4. The molecule has 0 heterocycles. The van der Waals surface area contributed by atoms with E-state index in [-0.39, 0.29) is 18.3 Å². The van der Waals surface area contributed by atoms with E-state index in [4.69, 9.17) is 5.73 Å². The Labute approximate surface area is 206 Å². The van der Waals surface area contributed by atoms with Crippen molar-refractivity contribution < 1.29 is 24.3 Å². The number of thioether (sulfide) groups is 2. The molecule has 0 aromatic carbocycles. The number of amides is 3. The van der Waals surface area contributed by atoms with E-state index in [9.17, 15) is 24.3 Å². The van der Waals surface area contributed by atoms with Crippen LogP contribution in [0.5, 0.6) is 0 Å². The molecule has 0 fully saturated rings. The van der Waals surface area contributed by atoms with Crippen LogP contribution in [-0.2, 0) is 19.2 Å². The van der Waals surface area contributed by atoms with Crippen LogP contribution in [0.15, 0.2) is 0 Å². The van der Waals surface area contributed by atoms with Crippen molar-refractivity contribution in [1.29, 1.82) is 0 Å². The van der Waals surface area contributed by atoms with Crippen LogP contribution < -0.4 is 21.7 Å². The van der Waals surface area contributed by atoms with E-state index in [0.29, 0.717) is 24.3 Å². The third-order valence-corrected chi connectivity index (χ3v) is 6.66. The maximum Gasteiger partial charge on any atom is 0.326 e. The minimum atomic E-state index is -1.11. The van der Waals surface area contributed by atoms with E-state index in [1.807, 2.05) is 40.2 Å². The Morgan fingerprint density at radius 1 is 0.818 bits per heavy atom. The van der Waals surface area contributed by atoms with Crippen molar-refractivity contribution in [1.82, 2.24) is 16.0 Å². The normalized spacial score (nSPS) is 15.8. The van der Waals surface area contributed by atoms with Crippen LogP contribution in [0.2, 0.25) is 0 Å². The predicted molar refractivity (Wildman–Crippen MR) is 136 cm³/mol. The van der Waals surface area contributed by atoms with Crippen LogP contribution in [0.25, 0.3) is 0 Å². The van der Waals surface area contributed by atoms with Gasteiger partial charge in [0.2, 0.25) is 17.7 Å². The molecule has 0 aliphatic carbocycles. The summed E-state index contributed by atoms with van der Waals surface area (Å²) in [5.41, 5.74) is 6.02. The second-order valence-electron chi connectivity index (χ2n) is 8.63. The van der Waals surface area contributed by atoms with Crippen molar-refractivity contribution in [3.8, 4) is 0 Å². The van der Waals surface area contributed by atoms with Crippen molar-refractivity contribution in [3.05, 3.63) is 0 Å². The van der Waals surface area contributed by atoms with Gasteiger partial charge in [-0.05, 0) is 55.1 Å². The number of carboxylic acid groups (broad SMARTS) is 1. The predicted octanol–water partition coefficient (Wildman–Crippen LogP) is 1.45. The van der Waals surface area contributed by atoms with Gasteiger partial charge in [-0.15, -0.1) is 0 Å². The Morgan fingerprint density at radius 2 is 1.27 bits per heavy atom. The van der Waals surface area contributed by atoms with Crippen LogP contribution >= 0.6 is 23.5 Å². The van der Waals surface area contributed by atoms with E-state index >= 15 is 0 Å². The van der Waals surface area contributed by atoms with Crippen LogP contribution in [-0.4, -0.2) is 77.0 Å². The van der Waals surface area contributed by atoms with Crippen LogP contribution in [0.3, 0.4) is 0 Å². The minimum absolute atomic E-state index is 0.0389. The molecule has 0 radical (unpaired) electrons. The fourth-order valence-corrected chi connectivity index (χ4v) is 3.97. The van der Waals surface area contributed by atoms with E-state index < -0.39 is 47.9 Å². The monoisotopic (exact) mass is 506 g/mol. The van der Waals surface area contributed by atoms with Gasteiger partial charge in [0.1, 0.15) is 18.1 Å². The molecule has 0 saturated carbocycles. The molecule has 0 spiro atoms. The van der Waals surface area contributed by atoms with Crippen LogP contribution in [0.1, 0.15) is 53.4 Å². The average Bonchev–Trinajstić information content (AvgIpc) is 2.76. The van der Waals surface area contributed by atoms with Crippen LogP contribution in [0, 0.1) is 11.8 Å². The van der Waals surface area contributed by atoms with Crippen molar-refractivity contribution in [2.75, 3.05) is 24.0 Å². The van der Waals surface area contributed by atoms with Gasteiger partial charge in [0, 0.05) is 0 Å². The summed E-state index contributed by atoms with van der Waals surface area (Å²) < 4.78 is 0. The van der Waals surface area contributed by atoms with Crippen molar-refractivity contribution >= 4 is 47.2 Å². The summed E-state index contributed by atoms with van der Waals surface area (Å²) in [6.45, 7) is 7.63. The third-order valence-electron chi connectivity index (χ3n) is 5.37. The van der Waals surface area contributed by atoms with Crippen molar-refractivity contribution in [2.45, 2.75) is 77.5 Å². The number of rotatable bonds is 17. The maximum absolute atomic E-state index is 13.1. The molecular weight excluding hydrogens is 464 g/mol. The second-order valence-corrected chi connectivity index (χ2v) is 10.6. The van der Waals surface area contributed by atoms with Crippen LogP contribution in [0.4, 0.5) is 0 Å². The number of nitrogens with two attached hydrogens (primary N) is 1. The van der Waals surface area contributed by atoms with Gasteiger partial charge in [0.25, 0.3) is 0 Å². The SMILES string of the molecule is CCC(C)C(N)C(=O)NC(CCSC)C(=O)NC(CC(C)C)C(=O)NC(CCSC)C(=O)O. The minimum Gasteiger partial charge on any atom is -0.480 e. The zero-order valence-corrected chi connectivity index (χ0v) is 22.3. The van der Waals surface area contributed by atoms with Gasteiger partial charge in [-0.25, -0.2) is 4.79 Å². The Balaban J connectivity index is 5.45. The Bertz CT molecular complexity index is 636. The molecule has 3 amide bonds. The number of aliphatic carboxylic acids is 1. The van der Waals surface area contributed by atoms with E-state index in [0.717, 1.165) is 6.42 Å². The molecule has 6 N–H and O–H groups in total. The topological polar surface area (TPSA) is 151 Å². The molecule has 5 unspecified atom stereocenters. The smallest absolute Gasteiger partial charge is 0.326 e. The summed E-state index contributed by atoms with van der Waals surface area (Å²) in [6.07, 6.45) is 5.49. The second kappa shape index (κ2) is 17.0. The van der Waals surface area contributed by atoms with Gasteiger partial charge in [0.05, 0.1) is 6.04 Å². The summed E-state index contributed by atoms with van der Waals surface area (Å²) in [5.74, 6) is -1.29. The summed E-state index contributed by atoms with van der Waals surface area (Å²) >= 11 is 3.03. The molecule has 11 heteroatoms. The standard InChI is InChI=1S/C22H42N4O5S2/c1-7-14(4)18(23)21(29)24-15(8-10-32-5)19(27)26-17(12-13(2)3)20(28)25-16(22(30)31)9-11-33-6/h13-18H,7-12,23H2,1-6H3,(H,24,29)(H,25,28)(H,26,27)(H,30,31). The lowest BCUT2D eigenvalue weighted by Crippen LogP contribution is -2.58. The molecule has 0 aliphatic rings. The number of nitrogens with one attached hydrogen (secondary N) is 3. The number of hydrogen-bond donors (Lipinski definition) is 5. The fraction of sp³-hybridized carbons (Fsp3) is 0.818. The number of carbonyl (C=O) groups excluding carboxylic acids is 3. The zero-order chi connectivity index (χ0) is 25.6. The highest BCUT2D eigenvalue weighted by Gasteiger charge is 2.31. The molecular formula is C22H42N4O5S2. The molecule has 0 aliphatic heterocycles. The van der Waals surface area contributed by atoms with Crippen molar-refractivity contribution in [2.24, 2.45) is 17.6 Å². The Morgan fingerprint density at radius 3 is 1.73 bits per heavy atom. The fourth-order valence-electron chi connectivity index (χ4n) is 3.03. The quantitative estimate of drug-likeness (QED) is 0.199. The Hall–Kier alpha value is -1.46. The van der Waals surface area contributed by atoms with Gasteiger partial charge in [-0.1, -0.05) is 34.1 Å². The highest BCUT2D eigenvalue weighted by Crippen LogP contribution is 2.10. The van der Waals surface area contributed by atoms with E-state index in [1.165, 1.54) is 23.5 Å². The zero-order valence-electron chi connectivity index (χ0n) is 20.7. The molecule has 5 atom stereocenters. The molecule has 0 bridgehead atoms. The highest BCUT2D eigenvalue weighted by atomic mass is 32.2. The summed E-state index contributed by atoms with van der Waals surface area (Å²) in [4.78, 5) is 50.0. The molecule has 9 nitrogen and oxygen atoms in total. The number of carboxylic acids is 1. The summed E-state index contributed by atoms with van der Waals surface area (Å²) in [7, 11) is 0. The summed E-state index contributed by atoms with van der Waals surface area (Å²) in [6, 6.07) is -3.51. The molecule has 0 rings (SSSR count). The molecule has 0 aromatic heterocycles. The Kier molecular flexibility index (Phi) is 16.3. The van der Waals surface area contributed by atoms with Gasteiger partial charge in [0.15, 0.2) is 0 Å². The third kappa shape index (κ3) is 12.5. The first-order valence-electron chi connectivity index (χ1n) is 11.4. The highest BCUT2D eigenvalue weighted by molar-refractivity contribution is 7.98. The van der Waals surface area contributed by atoms with E-state index in [1.54, 1.807) is 0 Å². The largest absolute Gasteiger partial charge is 0.480 e. The van der Waals surface area contributed by atoms with Gasteiger partial charge in [-0.3, -0.25) is 14.4 Å². The van der Waals surface area contributed by atoms with Gasteiger partial charge >= 0.3 is 5.97 Å². The number of hydrogen-bond acceptors (Lipinski definition) is 7. The maximum atomic E-state index is 13.1. The van der Waals surface area contributed by atoms with Gasteiger partial charge in [-0.2, -0.15) is 23.5 Å². The lowest BCUT2D eigenvalue weighted by molar-refractivity contribution is -0.142. The molecule has 192 valence electrons. The van der Waals surface area contributed by atoms with Crippen molar-refractivity contribution in [3.63, 3.8) is 0 Å². The summed E-state index contributed by atoms with van der Waals surface area (Å²) in [5, 5.41) is 17.4. The average molecular weight is 507 g/mol. The molecule has 0 saturated heterocycles. The van der Waals surface area contributed by atoms with Gasteiger partial charge < -0.3 is 26.8 Å².